The summed E-state index contributed by atoms with van der Waals surface area (Å²) in [5.41, 5.74) is 1.30. The van der Waals surface area contributed by atoms with Crippen molar-refractivity contribution in [1.82, 2.24) is 15.5 Å². The molecule has 5 nitrogen and oxygen atoms in total. The molecule has 1 aliphatic carbocycles. The van der Waals surface area contributed by atoms with Gasteiger partial charge >= 0.3 is 0 Å². The lowest BCUT2D eigenvalue weighted by molar-refractivity contribution is 0.234. The Labute approximate surface area is 162 Å². The van der Waals surface area contributed by atoms with E-state index in [1.807, 2.05) is 19.2 Å². The Morgan fingerprint density at radius 2 is 2.08 bits per heavy atom. The van der Waals surface area contributed by atoms with E-state index in [0.717, 1.165) is 50.4 Å². The van der Waals surface area contributed by atoms with E-state index in [1.54, 1.807) is 0 Å². The number of aliphatic imine (C=N–C) groups is 1. The fourth-order valence-corrected chi connectivity index (χ4v) is 3.16. The molecule has 0 spiro atoms. The molecular weight excluding hydrogens is 415 g/mol. The molecule has 134 valence electrons. The SMILES string of the molecule is CCN(CCNC(=NC)NCC1Cc2ccccc2O1)C1CC1.I. The quantitative estimate of drug-likeness (QED) is 0.385. The Balaban J connectivity index is 0.00000208. The lowest BCUT2D eigenvalue weighted by Crippen LogP contribution is -2.45. The van der Waals surface area contributed by atoms with Crippen molar-refractivity contribution >= 4 is 29.9 Å². The van der Waals surface area contributed by atoms with Crippen LogP contribution in [0, 0.1) is 0 Å². The molecule has 0 amide bonds. The highest BCUT2D eigenvalue weighted by Crippen LogP contribution is 2.27. The van der Waals surface area contributed by atoms with Gasteiger partial charge in [-0.25, -0.2) is 0 Å². The van der Waals surface area contributed by atoms with Gasteiger partial charge in [-0.2, -0.15) is 0 Å². The predicted molar refractivity (Wildman–Crippen MR) is 110 cm³/mol. The van der Waals surface area contributed by atoms with Crippen LogP contribution in [0.1, 0.15) is 25.3 Å². The van der Waals surface area contributed by atoms with Crippen LogP contribution < -0.4 is 15.4 Å². The zero-order valence-corrected chi connectivity index (χ0v) is 17.0. The van der Waals surface area contributed by atoms with E-state index in [4.69, 9.17) is 4.74 Å². The van der Waals surface area contributed by atoms with Gasteiger partial charge in [-0.15, -0.1) is 24.0 Å². The Morgan fingerprint density at radius 1 is 1.29 bits per heavy atom. The molecule has 1 aromatic carbocycles. The van der Waals surface area contributed by atoms with Crippen molar-refractivity contribution in [3.8, 4) is 5.75 Å². The molecule has 0 bridgehead atoms. The van der Waals surface area contributed by atoms with Gasteiger partial charge < -0.3 is 15.4 Å². The van der Waals surface area contributed by atoms with Gasteiger partial charge in [0.2, 0.25) is 0 Å². The predicted octanol–water partition coefficient (Wildman–Crippen LogP) is 2.26. The second kappa shape index (κ2) is 9.46. The van der Waals surface area contributed by atoms with Crippen molar-refractivity contribution in [2.75, 3.05) is 33.2 Å². The van der Waals surface area contributed by atoms with E-state index in [0.29, 0.717) is 0 Å². The Hall–Kier alpha value is -1.02. The highest BCUT2D eigenvalue weighted by atomic mass is 127. The van der Waals surface area contributed by atoms with Gasteiger partial charge in [0.25, 0.3) is 0 Å². The molecule has 1 atom stereocenters. The van der Waals surface area contributed by atoms with Crippen LogP contribution in [0.4, 0.5) is 0 Å². The summed E-state index contributed by atoms with van der Waals surface area (Å²) in [7, 11) is 1.82. The third-order valence-electron chi connectivity index (χ3n) is 4.60. The molecule has 1 aromatic rings. The number of nitrogens with zero attached hydrogens (tertiary/aromatic N) is 2. The monoisotopic (exact) mass is 444 g/mol. The van der Waals surface area contributed by atoms with Crippen LogP contribution in [-0.2, 0) is 6.42 Å². The number of hydrogen-bond donors (Lipinski definition) is 2. The normalized spacial score (nSPS) is 19.5. The molecule has 0 saturated heterocycles. The van der Waals surface area contributed by atoms with Crippen molar-refractivity contribution < 1.29 is 4.74 Å². The number of benzene rings is 1. The topological polar surface area (TPSA) is 48.9 Å². The summed E-state index contributed by atoms with van der Waals surface area (Å²) in [6.45, 7) is 6.14. The minimum absolute atomic E-state index is 0. The Morgan fingerprint density at radius 3 is 2.75 bits per heavy atom. The molecule has 24 heavy (non-hydrogen) atoms. The summed E-state index contributed by atoms with van der Waals surface area (Å²) in [5.74, 6) is 1.88. The van der Waals surface area contributed by atoms with Crippen LogP contribution in [0.2, 0.25) is 0 Å². The molecule has 6 heteroatoms. The van der Waals surface area contributed by atoms with Crippen LogP contribution in [-0.4, -0.2) is 56.2 Å². The second-order valence-corrected chi connectivity index (χ2v) is 6.29. The maximum Gasteiger partial charge on any atom is 0.191 e. The molecule has 2 aliphatic rings. The average Bonchev–Trinajstić information content (AvgIpc) is 3.33. The smallest absolute Gasteiger partial charge is 0.191 e. The largest absolute Gasteiger partial charge is 0.488 e. The van der Waals surface area contributed by atoms with Gasteiger partial charge in [0, 0.05) is 32.6 Å². The summed E-state index contributed by atoms with van der Waals surface area (Å²) < 4.78 is 5.95. The number of para-hydroxylation sites is 1. The number of likely N-dealkylation sites (N-methyl/N-ethyl adjacent to an activating group) is 1. The van der Waals surface area contributed by atoms with Crippen molar-refractivity contribution in [2.24, 2.45) is 4.99 Å². The molecule has 1 unspecified atom stereocenters. The van der Waals surface area contributed by atoms with Crippen LogP contribution in [0.5, 0.6) is 5.75 Å². The Bertz CT molecular complexity index is 523. The first-order valence-corrected chi connectivity index (χ1v) is 8.73. The summed E-state index contributed by atoms with van der Waals surface area (Å²) in [6, 6.07) is 9.09. The summed E-state index contributed by atoms with van der Waals surface area (Å²) in [4.78, 5) is 6.84. The van der Waals surface area contributed by atoms with E-state index < -0.39 is 0 Å². The van der Waals surface area contributed by atoms with Gasteiger partial charge in [0.05, 0.1) is 6.54 Å². The molecule has 2 N–H and O–H groups in total. The fourth-order valence-electron chi connectivity index (χ4n) is 3.16. The third-order valence-corrected chi connectivity index (χ3v) is 4.60. The van der Waals surface area contributed by atoms with E-state index in [2.05, 4.69) is 39.6 Å². The van der Waals surface area contributed by atoms with Gasteiger partial charge in [-0.3, -0.25) is 9.89 Å². The van der Waals surface area contributed by atoms with E-state index in [1.165, 1.54) is 18.4 Å². The van der Waals surface area contributed by atoms with Crippen LogP contribution >= 0.6 is 24.0 Å². The van der Waals surface area contributed by atoms with E-state index in [9.17, 15) is 0 Å². The zero-order chi connectivity index (χ0) is 16.1. The number of ether oxygens (including phenoxy) is 1. The molecule has 1 saturated carbocycles. The summed E-state index contributed by atoms with van der Waals surface area (Å²) in [5, 5.41) is 6.78. The van der Waals surface area contributed by atoms with Gasteiger partial charge in [-0.1, -0.05) is 25.1 Å². The van der Waals surface area contributed by atoms with Crippen LogP contribution in [0.15, 0.2) is 29.3 Å². The number of halogens is 1. The van der Waals surface area contributed by atoms with E-state index >= 15 is 0 Å². The molecule has 0 radical (unpaired) electrons. The van der Waals surface area contributed by atoms with Gasteiger partial charge in [-0.05, 0) is 31.0 Å². The van der Waals surface area contributed by atoms with Crippen LogP contribution in [0.3, 0.4) is 0 Å². The molecule has 0 aromatic heterocycles. The average molecular weight is 444 g/mol. The van der Waals surface area contributed by atoms with Crippen molar-refractivity contribution in [2.45, 2.75) is 38.3 Å². The minimum Gasteiger partial charge on any atom is -0.488 e. The van der Waals surface area contributed by atoms with Crippen molar-refractivity contribution in [3.63, 3.8) is 0 Å². The van der Waals surface area contributed by atoms with Crippen molar-refractivity contribution in [1.29, 1.82) is 0 Å². The lowest BCUT2D eigenvalue weighted by Gasteiger charge is -2.21. The van der Waals surface area contributed by atoms with Crippen LogP contribution in [0.25, 0.3) is 0 Å². The summed E-state index contributed by atoms with van der Waals surface area (Å²) >= 11 is 0. The molecule has 3 rings (SSSR count). The third kappa shape index (κ3) is 5.24. The number of fused-ring (bicyclic) bond motifs is 1. The molecule has 1 fully saturated rings. The fraction of sp³-hybridized carbons (Fsp3) is 0.611. The van der Waals surface area contributed by atoms with Crippen molar-refractivity contribution in [3.05, 3.63) is 29.8 Å². The van der Waals surface area contributed by atoms with Gasteiger partial charge in [0.1, 0.15) is 11.9 Å². The molecule has 1 heterocycles. The standard InChI is InChI=1S/C18H28N4O.HI/c1-3-22(15-8-9-15)11-10-20-18(19-2)21-13-16-12-14-6-4-5-7-17(14)23-16;/h4-7,15-16H,3,8-13H2,1-2H3,(H2,19,20,21);1H. The minimum atomic E-state index is 0. The first-order chi connectivity index (χ1) is 11.3. The maximum absolute atomic E-state index is 5.95. The highest BCUT2D eigenvalue weighted by molar-refractivity contribution is 14.0. The molecular formula is C18H29IN4O. The summed E-state index contributed by atoms with van der Waals surface area (Å²) in [6.07, 6.45) is 3.87. The number of rotatable bonds is 7. The lowest BCUT2D eigenvalue weighted by atomic mass is 10.1. The highest BCUT2D eigenvalue weighted by Gasteiger charge is 2.27. The van der Waals surface area contributed by atoms with E-state index in [-0.39, 0.29) is 30.1 Å². The second-order valence-electron chi connectivity index (χ2n) is 6.29. The first kappa shape index (κ1) is 19.3. The number of guanidine groups is 1. The molecule has 1 aliphatic heterocycles. The number of nitrogens with one attached hydrogen (secondary N) is 2. The Kier molecular flexibility index (Phi) is 7.61. The maximum atomic E-state index is 5.95. The van der Waals surface area contributed by atoms with Gasteiger partial charge in [0.15, 0.2) is 5.96 Å². The number of hydrogen-bond acceptors (Lipinski definition) is 3. The first-order valence-electron chi connectivity index (χ1n) is 8.73. The zero-order valence-electron chi connectivity index (χ0n) is 14.6.